The number of rotatable bonds is 20. The molecule has 20 rings (SSSR count). The van der Waals surface area contributed by atoms with Gasteiger partial charge in [-0.05, 0) is 192 Å². The Labute approximate surface area is 845 Å². The van der Waals surface area contributed by atoms with E-state index in [1.165, 1.54) is 196 Å². The molecule has 737 valence electrons. The van der Waals surface area contributed by atoms with Crippen LogP contribution in [0.4, 0.5) is 70.2 Å². The monoisotopic (exact) mass is 2190 g/mol. The van der Waals surface area contributed by atoms with Crippen molar-refractivity contribution in [2.75, 3.05) is 0 Å². The molecule has 12 aromatic heterocycles. The van der Waals surface area contributed by atoms with Gasteiger partial charge < -0.3 is 39.6 Å². The molecule has 0 saturated carbocycles. The smallest absolute Gasteiger partial charge is 0.135 e. The van der Waals surface area contributed by atoms with E-state index in [4.69, 9.17) is 0 Å². The molecule has 0 N–H and O–H groups in total. The van der Waals surface area contributed by atoms with Gasteiger partial charge in [0.25, 0.3) is 0 Å². The molecule has 0 aliphatic heterocycles. The van der Waals surface area contributed by atoms with Crippen LogP contribution in [-0.2, 0) is 20.1 Å². The number of hydrogen-bond acceptors (Lipinski definition) is 20. The second-order valence-corrected chi connectivity index (χ2v) is 31.7. The molecule has 8 aromatic carbocycles. The number of benzene rings is 8. The molecule has 0 aliphatic carbocycles. The zero-order valence-electron chi connectivity index (χ0n) is 75.3. The molecular weight excluding hydrogens is 2140 g/mol. The maximum absolute atomic E-state index is 14.8. The predicted octanol–water partition coefficient (Wildman–Crippen LogP) is 21.8. The molecule has 0 saturated heterocycles. The van der Waals surface area contributed by atoms with Gasteiger partial charge in [0.2, 0.25) is 0 Å². The Morgan fingerprint density at radius 3 is 0.423 bits per heavy atom. The summed E-state index contributed by atoms with van der Waals surface area (Å²) in [7, 11) is 0. The van der Waals surface area contributed by atoms with Gasteiger partial charge in [0.15, 0.2) is 0 Å². The van der Waals surface area contributed by atoms with E-state index in [0.717, 1.165) is 48.5 Å². The van der Waals surface area contributed by atoms with Crippen LogP contribution in [0.2, 0.25) is 0 Å². The summed E-state index contributed by atoms with van der Waals surface area (Å²) in [5.41, 5.74) is 1.01. The second-order valence-electron chi connectivity index (χ2n) is 31.7. The SMILES string of the molecule is O=C([O-])c1nccc(-c2cccnc2-c2ccc(F)cc2F)c1-c1cccnc1-c1ccc(F)cc1F.O=C([O-])c1nccc(-c2cccnc2-c2ccc(F)cc2F)c1-c1cccnc1-c1ccc(F)cc1F.O=C([O-])c1nccc(-c2cccnc2-c2ccc(F)cc2F)c1-c1cccnc1-c1ccc(F)cc1F.O=C([O-])c1nccc(-c2cccnc2-c2ccc(F)cc2F)c1-c1cccnc1-c1ccc(F)cc1F.[Ir]. The van der Waals surface area contributed by atoms with E-state index >= 15 is 0 Å². The molecule has 0 atom stereocenters. The van der Waals surface area contributed by atoms with Crippen LogP contribution in [0.15, 0.2) is 341 Å². The predicted molar refractivity (Wildman–Crippen MR) is 503 cm³/mol. The minimum atomic E-state index is -1.62. The number of aromatic nitrogens is 12. The number of nitrogens with zero attached hydrogens (tertiary/aromatic N) is 12. The second kappa shape index (κ2) is 44.9. The molecule has 0 unspecified atom stereocenters. The van der Waals surface area contributed by atoms with Crippen molar-refractivity contribution in [2.24, 2.45) is 0 Å². The minimum absolute atomic E-state index is 0. The van der Waals surface area contributed by atoms with Crippen molar-refractivity contribution in [1.82, 2.24) is 59.8 Å². The maximum atomic E-state index is 14.8. The molecule has 149 heavy (non-hydrogen) atoms. The average molecular weight is 2190 g/mol. The molecule has 0 bridgehead atoms. The van der Waals surface area contributed by atoms with Crippen LogP contribution < -0.4 is 20.4 Å². The van der Waals surface area contributed by atoms with Crippen molar-refractivity contribution in [3.05, 3.63) is 457 Å². The zero-order valence-corrected chi connectivity index (χ0v) is 77.7. The van der Waals surface area contributed by atoms with E-state index in [1.54, 1.807) is 48.5 Å². The topological polar surface area (TPSA) is 315 Å². The quantitative estimate of drug-likeness (QED) is 0.0640. The summed E-state index contributed by atoms with van der Waals surface area (Å²) in [6.45, 7) is 0. The van der Waals surface area contributed by atoms with E-state index in [1.807, 2.05) is 0 Å². The van der Waals surface area contributed by atoms with E-state index in [-0.39, 0.29) is 177 Å². The Hall–Kier alpha value is -19.0. The molecule has 20 nitrogen and oxygen atoms in total. The van der Waals surface area contributed by atoms with E-state index in [9.17, 15) is 110 Å². The third kappa shape index (κ3) is 21.8. The summed E-state index contributed by atoms with van der Waals surface area (Å²) in [4.78, 5) is 98.4. The van der Waals surface area contributed by atoms with Gasteiger partial charge in [-0.3, -0.25) is 59.8 Å². The number of pyridine rings is 12. The number of carboxylic acids is 4. The van der Waals surface area contributed by atoms with Gasteiger partial charge in [-0.15, -0.1) is 0 Å². The van der Waals surface area contributed by atoms with E-state index in [2.05, 4.69) is 59.8 Å². The van der Waals surface area contributed by atoms with Crippen molar-refractivity contribution in [3.8, 4) is 179 Å². The van der Waals surface area contributed by atoms with Crippen LogP contribution >= 0.6 is 0 Å². The fraction of sp³-hybridized carbons (Fsp3) is 0. The first-order chi connectivity index (χ1) is 71.4. The first-order valence-electron chi connectivity index (χ1n) is 43.5. The van der Waals surface area contributed by atoms with E-state index in [0.29, 0.717) is 70.8 Å². The fourth-order valence-corrected chi connectivity index (χ4v) is 16.5. The van der Waals surface area contributed by atoms with Crippen LogP contribution in [0.3, 0.4) is 0 Å². The number of carbonyl (C=O) groups excluding carboxylic acids is 4. The van der Waals surface area contributed by atoms with Gasteiger partial charge >= 0.3 is 0 Å². The van der Waals surface area contributed by atoms with Crippen LogP contribution in [-0.4, -0.2) is 83.7 Å². The first kappa shape index (κ1) is 103. The summed E-state index contributed by atoms with van der Waals surface area (Å²) < 4.78 is 227. The zero-order chi connectivity index (χ0) is 104. The van der Waals surface area contributed by atoms with Gasteiger partial charge in [-0.1, -0.05) is 48.5 Å². The Morgan fingerprint density at radius 2 is 0.289 bits per heavy atom. The molecule has 0 spiro atoms. The Bertz CT molecular complexity index is 7690. The maximum Gasteiger partial charge on any atom is 0.135 e. The number of carboxylic acid groups (broad SMARTS) is 4. The number of halogens is 16. The van der Waals surface area contributed by atoms with Gasteiger partial charge in [0.1, 0.15) is 93.1 Å². The van der Waals surface area contributed by atoms with Crippen LogP contribution in [0.5, 0.6) is 0 Å². The van der Waals surface area contributed by atoms with Gasteiger partial charge in [0, 0.05) is 254 Å². The fourth-order valence-electron chi connectivity index (χ4n) is 16.5. The summed E-state index contributed by atoms with van der Waals surface area (Å²) in [6, 6.07) is 54.4. The van der Waals surface area contributed by atoms with Crippen molar-refractivity contribution < 1.29 is 130 Å². The van der Waals surface area contributed by atoms with Crippen LogP contribution in [0.25, 0.3) is 179 Å². The molecule has 12 heterocycles. The standard InChI is InChI=1S/4C28H15F4N3O2.Ir/c4*29-15-5-7-19(22(31)13-15)25-18(3-1-10-33-25)17-9-12-35-27(28(36)37)24(17)21-4-2-11-34-26(21)20-8-6-16(30)14-23(20)32;/h4*1-14H,(H,36,37);/p-4. The molecule has 37 heteroatoms. The van der Waals surface area contributed by atoms with Crippen molar-refractivity contribution in [1.29, 1.82) is 0 Å². The summed E-state index contributed by atoms with van der Waals surface area (Å²) in [5, 5.41) is 48.6. The van der Waals surface area contributed by atoms with E-state index < -0.39 is 140 Å². The number of hydrogen-bond donors (Lipinski definition) is 0. The van der Waals surface area contributed by atoms with Crippen molar-refractivity contribution >= 4 is 23.9 Å². The molecule has 0 fully saturated rings. The summed E-state index contributed by atoms with van der Waals surface area (Å²) >= 11 is 0. The first-order valence-corrected chi connectivity index (χ1v) is 43.5. The van der Waals surface area contributed by atoms with Gasteiger partial charge in [-0.2, -0.15) is 0 Å². The number of aromatic carboxylic acids is 4. The third-order valence-electron chi connectivity index (χ3n) is 22.8. The molecule has 0 aliphatic rings. The molecule has 0 amide bonds. The Morgan fingerprint density at radius 1 is 0.154 bits per heavy atom. The van der Waals surface area contributed by atoms with Crippen molar-refractivity contribution in [2.45, 2.75) is 0 Å². The average Bonchev–Trinajstić information content (AvgIpc) is 0.764. The van der Waals surface area contributed by atoms with Gasteiger partial charge in [-0.25, -0.2) is 70.2 Å². The van der Waals surface area contributed by atoms with Crippen LogP contribution in [0, 0.1) is 93.1 Å². The molecule has 20 aromatic rings. The summed E-state index contributed by atoms with van der Waals surface area (Å²) in [6.07, 6.45) is 16.1. The van der Waals surface area contributed by atoms with Gasteiger partial charge in [0.05, 0.1) is 92.2 Å². The minimum Gasteiger partial charge on any atom is -0.543 e. The summed E-state index contributed by atoms with van der Waals surface area (Å²) in [5.74, 6) is -19.9. The van der Waals surface area contributed by atoms with Crippen molar-refractivity contribution in [3.63, 3.8) is 0 Å². The molecule has 1 radical (unpaired) electrons. The molecular formula is C112H56F16IrN12O8-4. The third-order valence-corrected chi connectivity index (χ3v) is 22.8. The van der Waals surface area contributed by atoms with Crippen LogP contribution in [0.1, 0.15) is 42.0 Å². The number of carbonyl (C=O) groups is 4. The largest absolute Gasteiger partial charge is 0.543 e. The Kier molecular flexibility index (Phi) is 31.0. The normalized spacial score (nSPS) is 10.8. The Balaban J connectivity index is 0.000000141.